The van der Waals surface area contributed by atoms with Gasteiger partial charge in [-0.05, 0) is 58.4 Å². The van der Waals surface area contributed by atoms with Gasteiger partial charge in [-0.2, -0.15) is 0 Å². The fraction of sp³-hybridized carbons (Fsp3) is 0.143. The van der Waals surface area contributed by atoms with Crippen LogP contribution in [0.3, 0.4) is 0 Å². The van der Waals surface area contributed by atoms with Crippen molar-refractivity contribution in [3.05, 3.63) is 51.4 Å². The zero-order valence-corrected chi connectivity index (χ0v) is 15.7. The molecule has 2 aromatic rings. The lowest BCUT2D eigenvalue weighted by atomic mass is 10.3. The lowest BCUT2D eigenvalue weighted by Gasteiger charge is -2.07. The number of hydrogen-bond acceptors (Lipinski definition) is 4. The topological polar surface area (TPSA) is 60.2 Å². The third kappa shape index (κ3) is 4.74. The quantitative estimate of drug-likeness (QED) is 0.543. The van der Waals surface area contributed by atoms with Crippen molar-refractivity contribution in [3.63, 3.8) is 0 Å². The molecule has 0 aliphatic heterocycles. The summed E-state index contributed by atoms with van der Waals surface area (Å²) in [6.45, 7) is 0. The molecule has 0 unspecified atom stereocenters. The summed E-state index contributed by atoms with van der Waals surface area (Å²) in [5.74, 6) is 0.580. The van der Waals surface area contributed by atoms with E-state index < -0.39 is 9.84 Å². The average molecular weight is 451 g/mol. The molecule has 0 atom stereocenters. The van der Waals surface area contributed by atoms with Crippen LogP contribution in [-0.4, -0.2) is 19.9 Å². The Hall–Kier alpha value is -0.500. The normalized spacial score (nSPS) is 11.5. The Bertz CT molecular complexity index is 731. The highest BCUT2D eigenvalue weighted by Crippen LogP contribution is 2.29. The van der Waals surface area contributed by atoms with E-state index >= 15 is 0 Å². The summed E-state index contributed by atoms with van der Waals surface area (Å²) in [7, 11) is -3.25. The highest BCUT2D eigenvalue weighted by atomic mass is 79.9. The van der Waals surface area contributed by atoms with Gasteiger partial charge in [0.15, 0.2) is 9.84 Å². The molecule has 0 saturated carbocycles. The molecule has 2 N–H and O–H groups in total. The minimum Gasteiger partial charge on any atom is -0.399 e. The number of halogens is 2. The van der Waals surface area contributed by atoms with E-state index in [4.69, 9.17) is 5.73 Å². The number of nitrogens with two attached hydrogens (primary N) is 1. The first-order chi connectivity index (χ1) is 9.88. The van der Waals surface area contributed by atoms with Crippen LogP contribution in [0.4, 0.5) is 5.69 Å². The molecule has 3 nitrogen and oxygen atoms in total. The number of rotatable bonds is 5. The van der Waals surface area contributed by atoms with Crippen LogP contribution in [-0.2, 0) is 9.84 Å². The maximum atomic E-state index is 12.2. The number of benzene rings is 2. The standard InChI is InChI=1S/C14H13Br2NO2S2/c15-10-1-4-12(5-2-10)21(18,19)8-7-20-14-6-3-11(17)9-13(14)16/h1-6,9H,7-8,17H2. The molecular weight excluding hydrogens is 438 g/mol. The second-order valence-corrected chi connectivity index (χ2v) is 9.33. The first-order valence-electron chi connectivity index (χ1n) is 6.04. The fourth-order valence-electron chi connectivity index (χ4n) is 1.66. The van der Waals surface area contributed by atoms with Crippen molar-refractivity contribution in [3.8, 4) is 0 Å². The van der Waals surface area contributed by atoms with Gasteiger partial charge in [-0.3, -0.25) is 0 Å². The Morgan fingerprint density at radius 1 is 1.05 bits per heavy atom. The van der Waals surface area contributed by atoms with Crippen molar-refractivity contribution in [2.24, 2.45) is 0 Å². The van der Waals surface area contributed by atoms with Crippen molar-refractivity contribution in [1.82, 2.24) is 0 Å². The minimum atomic E-state index is -3.25. The average Bonchev–Trinajstić information content (AvgIpc) is 2.41. The van der Waals surface area contributed by atoms with Gasteiger partial charge in [0.05, 0.1) is 10.6 Å². The van der Waals surface area contributed by atoms with Crippen LogP contribution in [0.25, 0.3) is 0 Å². The largest absolute Gasteiger partial charge is 0.399 e. The van der Waals surface area contributed by atoms with Crippen molar-refractivity contribution in [2.45, 2.75) is 9.79 Å². The zero-order chi connectivity index (χ0) is 15.5. The Morgan fingerprint density at radius 3 is 2.33 bits per heavy atom. The molecule has 0 bridgehead atoms. The molecule has 0 heterocycles. The maximum Gasteiger partial charge on any atom is 0.179 e. The first-order valence-corrected chi connectivity index (χ1v) is 10.3. The third-order valence-electron chi connectivity index (χ3n) is 2.74. The molecule has 21 heavy (non-hydrogen) atoms. The highest BCUT2D eigenvalue weighted by Gasteiger charge is 2.14. The summed E-state index contributed by atoms with van der Waals surface area (Å²) < 4.78 is 26.2. The summed E-state index contributed by atoms with van der Waals surface area (Å²) in [6, 6.07) is 12.2. The molecular formula is C14H13Br2NO2S2. The van der Waals surface area contributed by atoms with E-state index in [1.54, 1.807) is 30.3 Å². The van der Waals surface area contributed by atoms with Gasteiger partial charge in [0.2, 0.25) is 0 Å². The van der Waals surface area contributed by atoms with Gasteiger partial charge < -0.3 is 5.73 Å². The second kappa shape index (κ2) is 7.17. The van der Waals surface area contributed by atoms with E-state index in [-0.39, 0.29) is 5.75 Å². The van der Waals surface area contributed by atoms with Gasteiger partial charge in [-0.25, -0.2) is 8.42 Å². The SMILES string of the molecule is Nc1ccc(SCCS(=O)(=O)c2ccc(Br)cc2)c(Br)c1. The predicted molar refractivity (Wildman–Crippen MR) is 95.5 cm³/mol. The van der Waals surface area contributed by atoms with Crippen molar-refractivity contribution < 1.29 is 8.42 Å². The van der Waals surface area contributed by atoms with E-state index in [9.17, 15) is 8.42 Å². The molecule has 0 spiro atoms. The van der Waals surface area contributed by atoms with Gasteiger partial charge in [-0.15, -0.1) is 11.8 Å². The smallest absolute Gasteiger partial charge is 0.179 e. The predicted octanol–water partition coefficient (Wildman–Crippen LogP) is 4.36. The van der Waals surface area contributed by atoms with Crippen molar-refractivity contribution in [1.29, 1.82) is 0 Å². The molecule has 0 radical (unpaired) electrons. The van der Waals surface area contributed by atoms with Gasteiger partial charge in [0, 0.05) is 25.3 Å². The molecule has 0 aromatic heterocycles. The van der Waals surface area contributed by atoms with Crippen molar-refractivity contribution >= 4 is 59.1 Å². The lowest BCUT2D eigenvalue weighted by molar-refractivity contribution is 0.597. The first kappa shape index (κ1) is 16.9. The van der Waals surface area contributed by atoms with E-state index in [2.05, 4.69) is 31.9 Å². The molecule has 0 fully saturated rings. The Morgan fingerprint density at radius 2 is 1.71 bits per heavy atom. The summed E-state index contributed by atoms with van der Waals surface area (Å²) in [5, 5.41) is 0. The van der Waals surface area contributed by atoms with E-state index in [1.807, 2.05) is 12.1 Å². The van der Waals surface area contributed by atoms with E-state index in [0.717, 1.165) is 13.8 Å². The monoisotopic (exact) mass is 449 g/mol. The van der Waals surface area contributed by atoms with Crippen LogP contribution in [0.15, 0.2) is 61.2 Å². The highest BCUT2D eigenvalue weighted by molar-refractivity contribution is 9.10. The molecule has 0 amide bonds. The van der Waals surface area contributed by atoms with Gasteiger partial charge in [0.1, 0.15) is 0 Å². The summed E-state index contributed by atoms with van der Waals surface area (Å²) in [6.07, 6.45) is 0. The van der Waals surface area contributed by atoms with Crippen LogP contribution in [0.1, 0.15) is 0 Å². The van der Waals surface area contributed by atoms with Gasteiger partial charge in [0.25, 0.3) is 0 Å². The van der Waals surface area contributed by atoms with Gasteiger partial charge >= 0.3 is 0 Å². The molecule has 0 aliphatic carbocycles. The van der Waals surface area contributed by atoms with E-state index in [1.165, 1.54) is 11.8 Å². The maximum absolute atomic E-state index is 12.2. The Balaban J connectivity index is 2.00. The number of nitrogen functional groups attached to an aromatic ring is 1. The molecule has 0 aliphatic rings. The van der Waals surface area contributed by atoms with Crippen LogP contribution in [0, 0.1) is 0 Å². The molecule has 7 heteroatoms. The lowest BCUT2D eigenvalue weighted by Crippen LogP contribution is -2.08. The molecule has 2 aromatic carbocycles. The third-order valence-corrected chi connectivity index (χ3v) is 7.25. The van der Waals surface area contributed by atoms with Gasteiger partial charge in [-0.1, -0.05) is 15.9 Å². The van der Waals surface area contributed by atoms with Crippen LogP contribution in [0.5, 0.6) is 0 Å². The second-order valence-electron chi connectivity index (χ2n) is 4.31. The molecule has 112 valence electrons. The number of sulfone groups is 1. The Kier molecular flexibility index (Phi) is 5.76. The summed E-state index contributed by atoms with van der Waals surface area (Å²) in [5.41, 5.74) is 6.35. The fourth-order valence-corrected chi connectivity index (χ4v) is 5.24. The summed E-state index contributed by atoms with van der Waals surface area (Å²) in [4.78, 5) is 1.33. The van der Waals surface area contributed by atoms with Crippen LogP contribution >= 0.6 is 43.6 Å². The number of thioether (sulfide) groups is 1. The van der Waals surface area contributed by atoms with Crippen LogP contribution in [0.2, 0.25) is 0 Å². The zero-order valence-electron chi connectivity index (χ0n) is 10.9. The number of hydrogen-bond donors (Lipinski definition) is 1. The summed E-state index contributed by atoms with van der Waals surface area (Å²) >= 11 is 8.21. The molecule has 0 saturated heterocycles. The Labute approximate surface area is 145 Å². The molecule has 2 rings (SSSR count). The minimum absolute atomic E-state index is 0.0934. The van der Waals surface area contributed by atoms with Crippen molar-refractivity contribution in [2.75, 3.05) is 17.2 Å². The van der Waals surface area contributed by atoms with E-state index in [0.29, 0.717) is 16.3 Å². The number of anilines is 1. The van der Waals surface area contributed by atoms with Crippen LogP contribution < -0.4 is 5.73 Å².